The summed E-state index contributed by atoms with van der Waals surface area (Å²) >= 11 is 1.31. The van der Waals surface area contributed by atoms with E-state index >= 15 is 0 Å². The fourth-order valence-corrected chi connectivity index (χ4v) is 4.03. The summed E-state index contributed by atoms with van der Waals surface area (Å²) < 4.78 is 25.1. The van der Waals surface area contributed by atoms with Gasteiger partial charge in [0, 0.05) is 16.7 Å². The van der Waals surface area contributed by atoms with E-state index in [1.165, 1.54) is 17.4 Å². The number of amides is 1. The summed E-state index contributed by atoms with van der Waals surface area (Å²) in [6, 6.07) is 16.2. The lowest BCUT2D eigenvalue weighted by atomic mass is 9.85. The summed E-state index contributed by atoms with van der Waals surface area (Å²) in [6.07, 6.45) is 1.05. The molecule has 1 heterocycles. The van der Waals surface area contributed by atoms with Crippen molar-refractivity contribution in [3.8, 4) is 0 Å². The first-order valence-corrected chi connectivity index (χ1v) is 11.1. The molecule has 7 nitrogen and oxygen atoms in total. The van der Waals surface area contributed by atoms with Gasteiger partial charge in [-0.25, -0.2) is 8.42 Å². The first-order valence-electron chi connectivity index (χ1n) is 8.44. The minimum absolute atomic E-state index is 0.313. The number of hydrogen-bond donors (Lipinski definition) is 2. The number of carbonyl (C=O) groups is 1. The van der Waals surface area contributed by atoms with Crippen LogP contribution in [0.4, 0.5) is 10.8 Å². The quantitative estimate of drug-likeness (QED) is 0.641. The molecule has 2 N–H and O–H groups in total. The number of rotatable bonds is 6. The Morgan fingerprint density at radius 3 is 2.43 bits per heavy atom. The molecule has 1 aromatic heterocycles. The highest BCUT2D eigenvalue weighted by Gasteiger charge is 2.27. The zero-order valence-corrected chi connectivity index (χ0v) is 17.3. The van der Waals surface area contributed by atoms with Crippen molar-refractivity contribution >= 4 is 38.1 Å². The van der Waals surface area contributed by atoms with E-state index in [1.54, 1.807) is 18.2 Å². The van der Waals surface area contributed by atoms with Gasteiger partial charge in [-0.05, 0) is 37.6 Å². The lowest BCUT2D eigenvalue weighted by Crippen LogP contribution is -2.18. The Labute approximate surface area is 167 Å². The number of sulfonamides is 1. The Kier molecular flexibility index (Phi) is 5.48. The van der Waals surface area contributed by atoms with Crippen LogP contribution in [0.5, 0.6) is 0 Å². The average molecular weight is 417 g/mol. The normalized spacial score (nSPS) is 11.8. The fourth-order valence-electron chi connectivity index (χ4n) is 2.61. The molecular formula is C19H20N4O3S2. The van der Waals surface area contributed by atoms with Gasteiger partial charge in [-0.3, -0.25) is 14.8 Å². The van der Waals surface area contributed by atoms with E-state index in [2.05, 4.69) is 34.1 Å². The maximum absolute atomic E-state index is 12.5. The molecule has 0 spiro atoms. The van der Waals surface area contributed by atoms with Crippen molar-refractivity contribution < 1.29 is 13.2 Å². The number of nitrogens with zero attached hydrogens (tertiary/aromatic N) is 2. The van der Waals surface area contributed by atoms with E-state index in [4.69, 9.17) is 0 Å². The van der Waals surface area contributed by atoms with E-state index in [-0.39, 0.29) is 5.41 Å². The summed E-state index contributed by atoms with van der Waals surface area (Å²) in [5.41, 5.74) is 1.39. The average Bonchev–Trinajstić information content (AvgIpc) is 3.10. The van der Waals surface area contributed by atoms with Gasteiger partial charge in [0.05, 0.1) is 6.26 Å². The minimum Gasteiger partial charge on any atom is -0.296 e. The molecule has 0 saturated carbocycles. The summed E-state index contributed by atoms with van der Waals surface area (Å²) in [5, 5.41) is 12.2. The Bertz CT molecular complexity index is 1090. The van der Waals surface area contributed by atoms with Crippen molar-refractivity contribution in [2.24, 2.45) is 0 Å². The summed E-state index contributed by atoms with van der Waals surface area (Å²) in [6.45, 7) is 4.10. The van der Waals surface area contributed by atoms with Gasteiger partial charge >= 0.3 is 0 Å². The fraction of sp³-hybridized carbons (Fsp3) is 0.211. The molecular weight excluding hydrogens is 396 g/mol. The van der Waals surface area contributed by atoms with Crippen LogP contribution in [0.2, 0.25) is 0 Å². The molecule has 9 heteroatoms. The molecule has 0 fully saturated rings. The predicted molar refractivity (Wildman–Crippen MR) is 111 cm³/mol. The second-order valence-electron chi connectivity index (χ2n) is 6.81. The topological polar surface area (TPSA) is 101 Å². The third-order valence-corrected chi connectivity index (χ3v) is 5.87. The number of benzene rings is 2. The van der Waals surface area contributed by atoms with Crippen LogP contribution in [0.1, 0.15) is 34.8 Å². The van der Waals surface area contributed by atoms with Crippen molar-refractivity contribution in [2.75, 3.05) is 16.3 Å². The van der Waals surface area contributed by atoms with Gasteiger partial charge in [0.2, 0.25) is 15.2 Å². The monoisotopic (exact) mass is 416 g/mol. The number of aromatic nitrogens is 2. The van der Waals surface area contributed by atoms with Gasteiger partial charge in [0.1, 0.15) is 5.01 Å². The van der Waals surface area contributed by atoms with Crippen LogP contribution in [-0.4, -0.2) is 30.8 Å². The van der Waals surface area contributed by atoms with Crippen LogP contribution in [-0.2, 0) is 15.4 Å². The number of anilines is 2. The van der Waals surface area contributed by atoms with Crippen molar-refractivity contribution in [2.45, 2.75) is 19.3 Å². The van der Waals surface area contributed by atoms with Gasteiger partial charge < -0.3 is 0 Å². The van der Waals surface area contributed by atoms with E-state index in [1.807, 2.05) is 30.3 Å². The van der Waals surface area contributed by atoms with Crippen molar-refractivity contribution in [3.05, 3.63) is 70.7 Å². The van der Waals surface area contributed by atoms with Gasteiger partial charge in [-0.2, -0.15) is 0 Å². The molecule has 0 radical (unpaired) electrons. The molecule has 1 amide bonds. The molecule has 146 valence electrons. The van der Waals surface area contributed by atoms with Crippen molar-refractivity contribution in [1.29, 1.82) is 0 Å². The first-order chi connectivity index (χ1) is 13.1. The van der Waals surface area contributed by atoms with Crippen LogP contribution < -0.4 is 10.0 Å². The molecule has 0 aliphatic rings. The van der Waals surface area contributed by atoms with Crippen LogP contribution in [0, 0.1) is 0 Å². The van der Waals surface area contributed by atoms with Gasteiger partial charge in [-0.1, -0.05) is 47.7 Å². The van der Waals surface area contributed by atoms with Crippen molar-refractivity contribution in [1.82, 2.24) is 10.2 Å². The zero-order chi connectivity index (χ0) is 20.4. The second-order valence-corrected chi connectivity index (χ2v) is 9.54. The lowest BCUT2D eigenvalue weighted by Gasteiger charge is -2.21. The predicted octanol–water partition coefficient (Wildman–Crippen LogP) is 3.49. The lowest BCUT2D eigenvalue weighted by molar-refractivity contribution is 0.102. The Morgan fingerprint density at radius 2 is 1.75 bits per heavy atom. The molecule has 0 saturated heterocycles. The molecule has 0 atom stereocenters. The summed E-state index contributed by atoms with van der Waals surface area (Å²) in [7, 11) is -3.42. The molecule has 0 unspecified atom stereocenters. The number of nitrogens with one attached hydrogen (secondary N) is 2. The smallest absolute Gasteiger partial charge is 0.257 e. The van der Waals surface area contributed by atoms with Gasteiger partial charge in [0.15, 0.2) is 0 Å². The molecule has 0 aliphatic carbocycles. The first kappa shape index (κ1) is 20.0. The third kappa shape index (κ3) is 4.73. The SMILES string of the molecule is CC(C)(c1ccccc1)c1nnc(NC(=O)c2cccc(NS(C)(=O)=O)c2)s1. The minimum atomic E-state index is -3.42. The summed E-state index contributed by atoms with van der Waals surface area (Å²) in [4.78, 5) is 12.5. The van der Waals surface area contributed by atoms with Crippen LogP contribution in [0.15, 0.2) is 54.6 Å². The van der Waals surface area contributed by atoms with E-state index in [0.29, 0.717) is 16.4 Å². The molecule has 0 aliphatic heterocycles. The van der Waals surface area contributed by atoms with E-state index in [0.717, 1.165) is 16.8 Å². The highest BCUT2D eigenvalue weighted by molar-refractivity contribution is 7.92. The van der Waals surface area contributed by atoms with Crippen molar-refractivity contribution in [3.63, 3.8) is 0 Å². The maximum atomic E-state index is 12.5. The van der Waals surface area contributed by atoms with Crippen LogP contribution in [0.25, 0.3) is 0 Å². The Morgan fingerprint density at radius 1 is 1.04 bits per heavy atom. The molecule has 2 aromatic carbocycles. The second kappa shape index (κ2) is 7.69. The molecule has 3 rings (SSSR count). The largest absolute Gasteiger partial charge is 0.296 e. The highest BCUT2D eigenvalue weighted by Crippen LogP contribution is 2.34. The molecule has 28 heavy (non-hydrogen) atoms. The third-order valence-electron chi connectivity index (χ3n) is 4.10. The zero-order valence-electron chi connectivity index (χ0n) is 15.6. The Hall–Kier alpha value is -2.78. The Balaban J connectivity index is 1.77. The maximum Gasteiger partial charge on any atom is 0.257 e. The standard InChI is InChI=1S/C19H20N4O3S2/c1-19(2,14-9-5-4-6-10-14)17-21-22-18(27-17)20-16(24)13-8-7-11-15(12-13)23-28(3,25)26/h4-12,23H,1-3H3,(H,20,22,24). The highest BCUT2D eigenvalue weighted by atomic mass is 32.2. The molecule has 3 aromatic rings. The number of carbonyl (C=O) groups excluding carboxylic acids is 1. The van der Waals surface area contributed by atoms with Crippen LogP contribution >= 0.6 is 11.3 Å². The number of hydrogen-bond acceptors (Lipinski definition) is 6. The van der Waals surface area contributed by atoms with Crippen LogP contribution in [0.3, 0.4) is 0 Å². The van der Waals surface area contributed by atoms with E-state index in [9.17, 15) is 13.2 Å². The van der Waals surface area contributed by atoms with Gasteiger partial charge in [0.25, 0.3) is 5.91 Å². The van der Waals surface area contributed by atoms with Gasteiger partial charge in [-0.15, -0.1) is 10.2 Å². The summed E-state index contributed by atoms with van der Waals surface area (Å²) in [5.74, 6) is -0.391. The molecule has 0 bridgehead atoms. The van der Waals surface area contributed by atoms with E-state index < -0.39 is 15.9 Å².